The maximum Gasteiger partial charge on any atom is 0.319 e. The number of hydrogen-bond acceptors (Lipinski definition) is 2. The molecule has 0 saturated heterocycles. The molecule has 1 unspecified atom stereocenters. The number of amides is 2. The number of rotatable bonds is 5. The maximum atomic E-state index is 11.5. The van der Waals surface area contributed by atoms with Gasteiger partial charge >= 0.3 is 6.03 Å². The fourth-order valence-electron chi connectivity index (χ4n) is 1.32. The molecular formula is C12H17ClN2O2. The van der Waals surface area contributed by atoms with Gasteiger partial charge in [-0.3, -0.25) is 0 Å². The Morgan fingerprint density at radius 1 is 1.47 bits per heavy atom. The molecule has 0 bridgehead atoms. The van der Waals surface area contributed by atoms with Crippen LogP contribution >= 0.6 is 11.6 Å². The molecule has 1 atom stereocenters. The van der Waals surface area contributed by atoms with Gasteiger partial charge in [-0.1, -0.05) is 30.7 Å². The van der Waals surface area contributed by atoms with Gasteiger partial charge in [0.2, 0.25) is 0 Å². The summed E-state index contributed by atoms with van der Waals surface area (Å²) in [6, 6.07) is 6.76. The lowest BCUT2D eigenvalue weighted by atomic mass is 10.1. The molecule has 0 spiro atoms. The summed E-state index contributed by atoms with van der Waals surface area (Å²) >= 11 is 5.91. The Morgan fingerprint density at radius 2 is 2.18 bits per heavy atom. The second-order valence-corrected chi connectivity index (χ2v) is 4.34. The third kappa shape index (κ3) is 5.06. The van der Waals surface area contributed by atoms with Crippen molar-refractivity contribution in [3.05, 3.63) is 29.3 Å². The first-order chi connectivity index (χ1) is 8.13. The number of aliphatic hydroxyl groups excluding tert-OH is 1. The van der Waals surface area contributed by atoms with Gasteiger partial charge < -0.3 is 15.7 Å². The predicted octanol–water partition coefficient (Wildman–Crippen LogP) is 2.48. The Morgan fingerprint density at radius 3 is 2.82 bits per heavy atom. The van der Waals surface area contributed by atoms with Crippen LogP contribution in [0.5, 0.6) is 0 Å². The first-order valence-electron chi connectivity index (χ1n) is 5.53. The summed E-state index contributed by atoms with van der Waals surface area (Å²) in [5.41, 5.74) is 0.585. The topological polar surface area (TPSA) is 61.4 Å². The molecule has 0 aliphatic carbocycles. The number of aliphatic hydroxyl groups is 1. The number of para-hydroxylation sites is 1. The predicted molar refractivity (Wildman–Crippen MR) is 69.3 cm³/mol. The van der Waals surface area contributed by atoms with E-state index in [2.05, 4.69) is 10.6 Å². The second-order valence-electron chi connectivity index (χ2n) is 3.93. The quantitative estimate of drug-likeness (QED) is 0.758. The van der Waals surface area contributed by atoms with Crippen LogP contribution in [0.4, 0.5) is 10.5 Å². The number of anilines is 1. The second kappa shape index (κ2) is 7.14. The van der Waals surface area contributed by atoms with Gasteiger partial charge in [-0.25, -0.2) is 4.79 Å². The van der Waals surface area contributed by atoms with Gasteiger partial charge in [0, 0.05) is 13.2 Å². The van der Waals surface area contributed by atoms with E-state index in [9.17, 15) is 4.79 Å². The highest BCUT2D eigenvalue weighted by Crippen LogP contribution is 2.19. The minimum absolute atomic E-state index is 0.134. The van der Waals surface area contributed by atoms with Crippen LogP contribution in [-0.2, 0) is 0 Å². The molecule has 0 radical (unpaired) electrons. The van der Waals surface area contributed by atoms with E-state index < -0.39 is 0 Å². The molecule has 5 heteroatoms. The minimum atomic E-state index is -0.289. The van der Waals surface area contributed by atoms with Crippen molar-refractivity contribution in [1.29, 1.82) is 0 Å². The van der Waals surface area contributed by atoms with Crippen molar-refractivity contribution in [1.82, 2.24) is 5.32 Å². The largest absolute Gasteiger partial charge is 0.396 e. The van der Waals surface area contributed by atoms with E-state index in [1.807, 2.05) is 6.92 Å². The fourth-order valence-corrected chi connectivity index (χ4v) is 1.50. The summed E-state index contributed by atoms with van der Waals surface area (Å²) in [7, 11) is 0. The van der Waals surface area contributed by atoms with Crippen molar-refractivity contribution >= 4 is 23.3 Å². The monoisotopic (exact) mass is 256 g/mol. The van der Waals surface area contributed by atoms with E-state index in [-0.39, 0.29) is 18.6 Å². The molecule has 1 rings (SSSR count). The molecule has 94 valence electrons. The number of halogens is 1. The highest BCUT2D eigenvalue weighted by Gasteiger charge is 2.06. The van der Waals surface area contributed by atoms with Crippen molar-refractivity contribution in [3.8, 4) is 0 Å². The lowest BCUT2D eigenvalue weighted by Gasteiger charge is -2.12. The van der Waals surface area contributed by atoms with Gasteiger partial charge in [-0.05, 0) is 24.5 Å². The molecular weight excluding hydrogens is 240 g/mol. The molecule has 0 fully saturated rings. The number of benzene rings is 1. The van der Waals surface area contributed by atoms with Crippen LogP contribution in [-0.4, -0.2) is 24.3 Å². The molecule has 0 aliphatic heterocycles. The van der Waals surface area contributed by atoms with Crippen molar-refractivity contribution in [2.24, 2.45) is 5.92 Å². The zero-order valence-electron chi connectivity index (χ0n) is 9.74. The Kier molecular flexibility index (Phi) is 5.80. The van der Waals surface area contributed by atoms with Gasteiger partial charge in [0.25, 0.3) is 0 Å². The van der Waals surface area contributed by atoms with E-state index in [1.165, 1.54) is 0 Å². The molecule has 4 nitrogen and oxygen atoms in total. The summed E-state index contributed by atoms with van der Waals surface area (Å²) in [5, 5.41) is 14.6. The lowest BCUT2D eigenvalue weighted by Crippen LogP contribution is -2.32. The van der Waals surface area contributed by atoms with Crippen LogP contribution in [0.25, 0.3) is 0 Å². The van der Waals surface area contributed by atoms with Gasteiger partial charge in [0.1, 0.15) is 0 Å². The number of urea groups is 1. The lowest BCUT2D eigenvalue weighted by molar-refractivity contribution is 0.243. The minimum Gasteiger partial charge on any atom is -0.396 e. The van der Waals surface area contributed by atoms with Gasteiger partial charge in [-0.15, -0.1) is 0 Å². The molecule has 1 aromatic carbocycles. The number of carbonyl (C=O) groups excluding carboxylic acids is 1. The van der Waals surface area contributed by atoms with Gasteiger partial charge in [0.05, 0.1) is 10.7 Å². The van der Waals surface area contributed by atoms with E-state index in [0.717, 1.165) is 0 Å². The van der Waals surface area contributed by atoms with Crippen molar-refractivity contribution < 1.29 is 9.90 Å². The van der Waals surface area contributed by atoms with Gasteiger partial charge in [-0.2, -0.15) is 0 Å². The molecule has 2 amide bonds. The zero-order valence-corrected chi connectivity index (χ0v) is 10.5. The first kappa shape index (κ1) is 13.8. The highest BCUT2D eigenvalue weighted by molar-refractivity contribution is 6.33. The summed E-state index contributed by atoms with van der Waals surface area (Å²) in [4.78, 5) is 11.5. The summed E-state index contributed by atoms with van der Waals surface area (Å²) in [6.45, 7) is 2.62. The third-order valence-electron chi connectivity index (χ3n) is 2.36. The maximum absolute atomic E-state index is 11.5. The standard InChI is InChI=1S/C12H17ClN2O2/c1-9(6-7-16)8-14-12(17)15-11-5-3-2-4-10(11)13/h2-5,9,16H,6-8H2,1H3,(H2,14,15,17). The Balaban J connectivity index is 2.37. The summed E-state index contributed by atoms with van der Waals surface area (Å²) < 4.78 is 0. The average Bonchev–Trinajstić information content (AvgIpc) is 2.30. The average molecular weight is 257 g/mol. The van der Waals surface area contributed by atoms with Crippen LogP contribution in [0.1, 0.15) is 13.3 Å². The van der Waals surface area contributed by atoms with Crippen LogP contribution in [0.15, 0.2) is 24.3 Å². The SMILES string of the molecule is CC(CCO)CNC(=O)Nc1ccccc1Cl. The van der Waals surface area contributed by atoms with E-state index in [1.54, 1.807) is 24.3 Å². The smallest absolute Gasteiger partial charge is 0.319 e. The van der Waals surface area contributed by atoms with E-state index in [0.29, 0.717) is 23.7 Å². The number of nitrogens with one attached hydrogen (secondary N) is 2. The normalized spacial score (nSPS) is 11.9. The number of carbonyl (C=O) groups is 1. The highest BCUT2D eigenvalue weighted by atomic mass is 35.5. The van der Waals surface area contributed by atoms with Crippen LogP contribution in [0, 0.1) is 5.92 Å². The molecule has 1 aromatic rings. The van der Waals surface area contributed by atoms with Gasteiger partial charge in [0.15, 0.2) is 0 Å². The molecule has 0 heterocycles. The summed E-state index contributed by atoms with van der Waals surface area (Å²) in [6.07, 6.45) is 0.673. The van der Waals surface area contributed by atoms with Crippen LogP contribution < -0.4 is 10.6 Å². The first-order valence-corrected chi connectivity index (χ1v) is 5.91. The molecule has 17 heavy (non-hydrogen) atoms. The van der Waals surface area contributed by atoms with Crippen molar-refractivity contribution in [2.75, 3.05) is 18.5 Å². The Bertz CT molecular complexity index is 371. The van der Waals surface area contributed by atoms with Crippen molar-refractivity contribution in [3.63, 3.8) is 0 Å². The summed E-state index contributed by atoms with van der Waals surface area (Å²) in [5.74, 6) is 0.247. The van der Waals surface area contributed by atoms with Crippen LogP contribution in [0.2, 0.25) is 5.02 Å². The van der Waals surface area contributed by atoms with Crippen LogP contribution in [0.3, 0.4) is 0 Å². The Hall–Kier alpha value is -1.26. The number of hydrogen-bond donors (Lipinski definition) is 3. The fraction of sp³-hybridized carbons (Fsp3) is 0.417. The Labute approximate surface area is 106 Å². The molecule has 0 aromatic heterocycles. The third-order valence-corrected chi connectivity index (χ3v) is 2.68. The zero-order chi connectivity index (χ0) is 12.7. The molecule has 0 aliphatic rings. The van der Waals surface area contributed by atoms with E-state index >= 15 is 0 Å². The van der Waals surface area contributed by atoms with E-state index in [4.69, 9.17) is 16.7 Å². The van der Waals surface area contributed by atoms with Crippen molar-refractivity contribution in [2.45, 2.75) is 13.3 Å². The molecule has 3 N–H and O–H groups in total. The molecule has 0 saturated carbocycles.